The minimum absolute atomic E-state index is 0.492. The molecule has 2 heterocycles. The fourth-order valence-electron chi connectivity index (χ4n) is 2.54. The van der Waals surface area contributed by atoms with Crippen molar-refractivity contribution < 1.29 is 0 Å². The SMILES string of the molecule is CC1CN(Cc2cn(-c3cccc(Cl)c3Cl)nn2)CCN1. The van der Waals surface area contributed by atoms with Crippen LogP contribution in [-0.2, 0) is 6.54 Å². The van der Waals surface area contributed by atoms with Gasteiger partial charge in [0.15, 0.2) is 0 Å². The average Bonchev–Trinajstić information content (AvgIpc) is 2.90. The number of hydrogen-bond acceptors (Lipinski definition) is 4. The third-order valence-corrected chi connectivity index (χ3v) is 4.37. The molecule has 1 fully saturated rings. The van der Waals surface area contributed by atoms with E-state index in [-0.39, 0.29) is 0 Å². The van der Waals surface area contributed by atoms with Crippen molar-refractivity contribution in [2.75, 3.05) is 19.6 Å². The summed E-state index contributed by atoms with van der Waals surface area (Å²) in [6.45, 7) is 6.04. The molecule has 2 aromatic rings. The summed E-state index contributed by atoms with van der Waals surface area (Å²) in [6, 6.07) is 5.99. The highest BCUT2D eigenvalue weighted by atomic mass is 35.5. The van der Waals surface area contributed by atoms with Crippen LogP contribution in [0.4, 0.5) is 0 Å². The first kappa shape index (κ1) is 14.8. The molecular formula is C14H17Cl2N5. The maximum atomic E-state index is 6.21. The molecule has 1 aromatic carbocycles. The summed E-state index contributed by atoms with van der Waals surface area (Å²) in [5, 5.41) is 12.8. The molecule has 0 saturated carbocycles. The monoisotopic (exact) mass is 325 g/mol. The zero-order valence-electron chi connectivity index (χ0n) is 11.8. The molecule has 112 valence electrons. The predicted molar refractivity (Wildman–Crippen MR) is 84.1 cm³/mol. The summed E-state index contributed by atoms with van der Waals surface area (Å²) in [5.74, 6) is 0. The van der Waals surface area contributed by atoms with Crippen LogP contribution >= 0.6 is 23.2 Å². The lowest BCUT2D eigenvalue weighted by atomic mass is 10.2. The summed E-state index contributed by atoms with van der Waals surface area (Å²) in [7, 11) is 0. The quantitative estimate of drug-likeness (QED) is 0.941. The van der Waals surface area contributed by atoms with Crippen molar-refractivity contribution in [3.05, 3.63) is 40.1 Å². The van der Waals surface area contributed by atoms with Crippen LogP contribution in [0.3, 0.4) is 0 Å². The summed E-state index contributed by atoms with van der Waals surface area (Å²) >= 11 is 12.2. The van der Waals surface area contributed by atoms with E-state index in [2.05, 4.69) is 27.5 Å². The highest BCUT2D eigenvalue weighted by Crippen LogP contribution is 2.27. The smallest absolute Gasteiger partial charge is 0.0971 e. The first-order chi connectivity index (χ1) is 10.1. The molecule has 1 saturated heterocycles. The van der Waals surface area contributed by atoms with E-state index in [0.717, 1.165) is 37.6 Å². The largest absolute Gasteiger partial charge is 0.312 e. The normalized spacial score (nSPS) is 19.9. The van der Waals surface area contributed by atoms with Gasteiger partial charge in [0.1, 0.15) is 0 Å². The lowest BCUT2D eigenvalue weighted by Crippen LogP contribution is -2.48. The molecule has 21 heavy (non-hydrogen) atoms. The van der Waals surface area contributed by atoms with Crippen molar-refractivity contribution in [1.29, 1.82) is 0 Å². The second-order valence-corrected chi connectivity index (χ2v) is 6.10. The van der Waals surface area contributed by atoms with Crippen LogP contribution in [0.15, 0.2) is 24.4 Å². The second-order valence-electron chi connectivity index (χ2n) is 5.32. The zero-order chi connectivity index (χ0) is 14.8. The van der Waals surface area contributed by atoms with Crippen LogP contribution in [0, 0.1) is 0 Å². The van der Waals surface area contributed by atoms with Crippen molar-refractivity contribution in [2.24, 2.45) is 0 Å². The predicted octanol–water partition coefficient (Wildman–Crippen LogP) is 2.37. The third kappa shape index (κ3) is 3.37. The topological polar surface area (TPSA) is 46.0 Å². The van der Waals surface area contributed by atoms with Crippen molar-refractivity contribution in [1.82, 2.24) is 25.2 Å². The summed E-state index contributed by atoms with van der Waals surface area (Å²) in [6.07, 6.45) is 1.91. The molecule has 0 aliphatic carbocycles. The Balaban J connectivity index is 1.75. The van der Waals surface area contributed by atoms with Gasteiger partial charge in [-0.1, -0.05) is 34.5 Å². The first-order valence-electron chi connectivity index (χ1n) is 6.95. The number of nitrogens with one attached hydrogen (secondary N) is 1. The van der Waals surface area contributed by atoms with Crippen molar-refractivity contribution in [3.63, 3.8) is 0 Å². The van der Waals surface area contributed by atoms with Gasteiger partial charge < -0.3 is 5.32 Å². The minimum Gasteiger partial charge on any atom is -0.312 e. The fourth-order valence-corrected chi connectivity index (χ4v) is 2.92. The molecule has 1 aliphatic heterocycles. The lowest BCUT2D eigenvalue weighted by molar-refractivity contribution is 0.197. The van der Waals surface area contributed by atoms with E-state index in [1.54, 1.807) is 10.7 Å². The van der Waals surface area contributed by atoms with E-state index in [9.17, 15) is 0 Å². The lowest BCUT2D eigenvalue weighted by Gasteiger charge is -2.30. The van der Waals surface area contributed by atoms with Gasteiger partial charge in [-0.25, -0.2) is 4.68 Å². The van der Waals surface area contributed by atoms with Crippen LogP contribution in [0.5, 0.6) is 0 Å². The van der Waals surface area contributed by atoms with Crippen LogP contribution in [0.25, 0.3) is 5.69 Å². The van der Waals surface area contributed by atoms with Crippen LogP contribution in [0.2, 0.25) is 10.0 Å². The van der Waals surface area contributed by atoms with Gasteiger partial charge >= 0.3 is 0 Å². The van der Waals surface area contributed by atoms with Crippen molar-refractivity contribution in [2.45, 2.75) is 19.5 Å². The molecule has 0 spiro atoms. The van der Waals surface area contributed by atoms with Crippen LogP contribution in [-0.4, -0.2) is 45.6 Å². The molecule has 1 unspecified atom stereocenters. The van der Waals surface area contributed by atoms with Gasteiger partial charge in [-0.15, -0.1) is 5.10 Å². The maximum absolute atomic E-state index is 6.21. The Labute approximate surface area is 133 Å². The second kappa shape index (κ2) is 6.32. The van der Waals surface area contributed by atoms with E-state index in [4.69, 9.17) is 23.2 Å². The third-order valence-electron chi connectivity index (χ3n) is 3.56. The van der Waals surface area contributed by atoms with Gasteiger partial charge in [0.2, 0.25) is 0 Å². The first-order valence-corrected chi connectivity index (χ1v) is 7.70. The van der Waals surface area contributed by atoms with Gasteiger partial charge in [-0.2, -0.15) is 0 Å². The standard InChI is InChI=1S/C14H17Cl2N5/c1-10-7-20(6-5-17-10)8-11-9-21(19-18-11)13-4-2-3-12(15)14(13)16/h2-4,9-10,17H,5-8H2,1H3. The van der Waals surface area contributed by atoms with Gasteiger partial charge in [-0.3, -0.25) is 4.90 Å². The number of benzene rings is 1. The maximum Gasteiger partial charge on any atom is 0.0971 e. The fraction of sp³-hybridized carbons (Fsp3) is 0.429. The molecular weight excluding hydrogens is 309 g/mol. The molecule has 7 heteroatoms. The van der Waals surface area contributed by atoms with Gasteiger partial charge in [0.25, 0.3) is 0 Å². The van der Waals surface area contributed by atoms with E-state index < -0.39 is 0 Å². The van der Waals surface area contributed by atoms with Gasteiger partial charge in [-0.05, 0) is 19.1 Å². The van der Waals surface area contributed by atoms with Crippen LogP contribution in [0.1, 0.15) is 12.6 Å². The van der Waals surface area contributed by atoms with E-state index >= 15 is 0 Å². The molecule has 3 rings (SSSR count). The molecule has 0 bridgehead atoms. The molecule has 1 N–H and O–H groups in total. The highest BCUT2D eigenvalue weighted by Gasteiger charge is 2.17. The Morgan fingerprint density at radius 3 is 3.05 bits per heavy atom. The van der Waals surface area contributed by atoms with E-state index in [1.165, 1.54) is 0 Å². The Hall–Kier alpha value is -1.14. The molecule has 1 atom stereocenters. The van der Waals surface area contributed by atoms with Gasteiger partial charge in [0.05, 0.1) is 27.6 Å². The highest BCUT2D eigenvalue weighted by molar-refractivity contribution is 6.43. The Morgan fingerprint density at radius 1 is 1.38 bits per heavy atom. The summed E-state index contributed by atoms with van der Waals surface area (Å²) < 4.78 is 1.68. The number of piperazine rings is 1. The number of aromatic nitrogens is 3. The number of nitrogens with zero attached hydrogens (tertiary/aromatic N) is 4. The van der Waals surface area contributed by atoms with E-state index in [0.29, 0.717) is 16.1 Å². The van der Waals surface area contributed by atoms with Gasteiger partial charge in [0, 0.05) is 32.2 Å². The Bertz CT molecular complexity index is 628. The van der Waals surface area contributed by atoms with Crippen molar-refractivity contribution in [3.8, 4) is 5.69 Å². The summed E-state index contributed by atoms with van der Waals surface area (Å²) in [5.41, 5.74) is 1.68. The zero-order valence-corrected chi connectivity index (χ0v) is 13.3. The Morgan fingerprint density at radius 2 is 2.24 bits per heavy atom. The number of halogens is 2. The molecule has 1 aliphatic rings. The minimum atomic E-state index is 0.492. The molecule has 5 nitrogen and oxygen atoms in total. The molecule has 0 amide bonds. The van der Waals surface area contributed by atoms with Crippen molar-refractivity contribution >= 4 is 23.2 Å². The number of rotatable bonds is 3. The number of hydrogen-bond donors (Lipinski definition) is 1. The molecule has 1 aromatic heterocycles. The summed E-state index contributed by atoms with van der Waals surface area (Å²) in [4.78, 5) is 2.37. The van der Waals surface area contributed by atoms with E-state index in [1.807, 2.05) is 18.3 Å². The Kier molecular flexibility index (Phi) is 4.45. The van der Waals surface area contributed by atoms with Crippen LogP contribution < -0.4 is 5.32 Å². The molecule has 0 radical (unpaired) electrons. The average molecular weight is 326 g/mol.